The smallest absolute Gasteiger partial charge is 0.120 e. The lowest BCUT2D eigenvalue weighted by Gasteiger charge is -2.28. The highest BCUT2D eigenvalue weighted by molar-refractivity contribution is 5.08. The maximum Gasteiger partial charge on any atom is 0.120 e. The van der Waals surface area contributed by atoms with E-state index in [1.54, 1.807) is 0 Å². The van der Waals surface area contributed by atoms with Crippen molar-refractivity contribution >= 4 is 0 Å². The Morgan fingerprint density at radius 1 is 1.35 bits per heavy atom. The van der Waals surface area contributed by atoms with E-state index in [2.05, 4.69) is 26.1 Å². The van der Waals surface area contributed by atoms with Crippen molar-refractivity contribution in [1.29, 1.82) is 0 Å². The van der Waals surface area contributed by atoms with Crippen LogP contribution in [0.5, 0.6) is 0 Å². The van der Waals surface area contributed by atoms with Crippen molar-refractivity contribution in [3.8, 4) is 0 Å². The van der Waals surface area contributed by atoms with Gasteiger partial charge in [0, 0.05) is 6.54 Å². The summed E-state index contributed by atoms with van der Waals surface area (Å²) in [7, 11) is 0. The summed E-state index contributed by atoms with van der Waals surface area (Å²) in [4.78, 5) is 0. The Labute approximate surface area is 104 Å². The predicted octanol–water partition coefficient (Wildman–Crippen LogP) is 3.04. The zero-order chi connectivity index (χ0) is 13.1. The summed E-state index contributed by atoms with van der Waals surface area (Å²) in [6.45, 7) is 11.1. The lowest BCUT2D eigenvalue weighted by atomic mass is 9.87. The van der Waals surface area contributed by atoms with E-state index in [4.69, 9.17) is 4.42 Å². The molecule has 17 heavy (non-hydrogen) atoms. The molecule has 0 aromatic carbocycles. The van der Waals surface area contributed by atoms with Crippen LogP contribution in [-0.4, -0.2) is 17.8 Å². The second-order valence-electron chi connectivity index (χ2n) is 5.77. The van der Waals surface area contributed by atoms with E-state index in [0.717, 1.165) is 24.5 Å². The van der Waals surface area contributed by atoms with Gasteiger partial charge < -0.3 is 14.8 Å². The first kappa shape index (κ1) is 14.3. The van der Waals surface area contributed by atoms with Gasteiger partial charge in [-0.3, -0.25) is 0 Å². The molecule has 0 aliphatic rings. The lowest BCUT2D eigenvalue weighted by Crippen LogP contribution is -2.33. The van der Waals surface area contributed by atoms with Crippen molar-refractivity contribution in [2.24, 2.45) is 5.41 Å². The number of aliphatic hydroxyl groups is 1. The largest absolute Gasteiger partial charge is 0.465 e. The molecule has 0 aliphatic heterocycles. The van der Waals surface area contributed by atoms with Crippen LogP contribution in [0.4, 0.5) is 0 Å². The van der Waals surface area contributed by atoms with Crippen molar-refractivity contribution in [1.82, 2.24) is 5.32 Å². The Balaban J connectivity index is 2.45. The SMILES string of the molecule is Cc1ccc([C@H](C)NCC(C)(C)C[C@H](C)O)o1. The summed E-state index contributed by atoms with van der Waals surface area (Å²) in [6, 6.07) is 4.19. The van der Waals surface area contributed by atoms with Crippen molar-refractivity contribution in [3.05, 3.63) is 23.7 Å². The number of aliphatic hydroxyl groups excluding tert-OH is 1. The third-order valence-corrected chi connectivity index (χ3v) is 2.92. The normalized spacial score (nSPS) is 15.9. The zero-order valence-corrected chi connectivity index (χ0v) is 11.6. The molecule has 2 N–H and O–H groups in total. The number of hydrogen-bond donors (Lipinski definition) is 2. The van der Waals surface area contributed by atoms with Gasteiger partial charge in [-0.05, 0) is 44.7 Å². The predicted molar refractivity (Wildman–Crippen MR) is 69.9 cm³/mol. The monoisotopic (exact) mass is 239 g/mol. The standard InChI is InChI=1S/C14H25NO2/c1-10(16)8-14(4,5)9-15-12(3)13-7-6-11(2)17-13/h6-7,10,12,15-16H,8-9H2,1-5H3/t10-,12-/m0/s1. The van der Waals surface area contributed by atoms with Gasteiger partial charge in [0.2, 0.25) is 0 Å². The van der Waals surface area contributed by atoms with E-state index < -0.39 is 0 Å². The first-order valence-corrected chi connectivity index (χ1v) is 6.28. The molecule has 0 fully saturated rings. The Kier molecular flexibility index (Phi) is 4.78. The highest BCUT2D eigenvalue weighted by atomic mass is 16.3. The average molecular weight is 239 g/mol. The van der Waals surface area contributed by atoms with Crippen molar-refractivity contribution in [3.63, 3.8) is 0 Å². The minimum Gasteiger partial charge on any atom is -0.465 e. The molecule has 0 bridgehead atoms. The average Bonchev–Trinajstić information content (AvgIpc) is 2.59. The Hall–Kier alpha value is -0.800. The molecule has 1 rings (SSSR count). The molecule has 1 aromatic rings. The van der Waals surface area contributed by atoms with Gasteiger partial charge in [0.25, 0.3) is 0 Å². The second-order valence-corrected chi connectivity index (χ2v) is 5.77. The molecule has 0 saturated carbocycles. The van der Waals surface area contributed by atoms with Gasteiger partial charge in [0.15, 0.2) is 0 Å². The summed E-state index contributed by atoms with van der Waals surface area (Å²) in [6.07, 6.45) is 0.539. The van der Waals surface area contributed by atoms with E-state index in [1.807, 2.05) is 26.0 Å². The van der Waals surface area contributed by atoms with Gasteiger partial charge in [0.05, 0.1) is 12.1 Å². The van der Waals surface area contributed by atoms with Gasteiger partial charge in [0.1, 0.15) is 11.5 Å². The van der Waals surface area contributed by atoms with E-state index in [0.29, 0.717) is 0 Å². The molecule has 98 valence electrons. The summed E-state index contributed by atoms with van der Waals surface area (Å²) in [5.41, 5.74) is 0.0874. The molecule has 3 heteroatoms. The van der Waals surface area contributed by atoms with Crippen LogP contribution in [0.2, 0.25) is 0 Å². The van der Waals surface area contributed by atoms with Gasteiger partial charge in [-0.25, -0.2) is 0 Å². The number of rotatable bonds is 6. The van der Waals surface area contributed by atoms with Crippen LogP contribution in [-0.2, 0) is 0 Å². The fourth-order valence-electron chi connectivity index (χ4n) is 2.09. The fourth-order valence-corrected chi connectivity index (χ4v) is 2.09. The summed E-state index contributed by atoms with van der Waals surface area (Å²) in [5.74, 6) is 1.91. The number of hydrogen-bond acceptors (Lipinski definition) is 3. The number of nitrogens with one attached hydrogen (secondary N) is 1. The molecule has 2 atom stereocenters. The summed E-state index contributed by atoms with van der Waals surface area (Å²) in [5, 5.41) is 12.9. The van der Waals surface area contributed by atoms with Gasteiger partial charge in [-0.2, -0.15) is 0 Å². The van der Waals surface area contributed by atoms with E-state index in [9.17, 15) is 5.11 Å². The van der Waals surface area contributed by atoms with Crippen molar-refractivity contribution in [2.75, 3.05) is 6.54 Å². The maximum absolute atomic E-state index is 9.43. The molecule has 0 saturated heterocycles. The highest BCUT2D eigenvalue weighted by Crippen LogP contribution is 2.23. The summed E-state index contributed by atoms with van der Waals surface area (Å²) < 4.78 is 5.58. The zero-order valence-electron chi connectivity index (χ0n) is 11.6. The number of aryl methyl sites for hydroxylation is 1. The molecule has 3 nitrogen and oxygen atoms in total. The van der Waals surface area contributed by atoms with Crippen LogP contribution in [0.1, 0.15) is 51.7 Å². The van der Waals surface area contributed by atoms with E-state index in [1.165, 1.54) is 0 Å². The van der Waals surface area contributed by atoms with Gasteiger partial charge >= 0.3 is 0 Å². The molecular formula is C14H25NO2. The molecule has 0 aliphatic carbocycles. The minimum atomic E-state index is -0.257. The third kappa shape index (κ3) is 4.92. The fraction of sp³-hybridized carbons (Fsp3) is 0.714. The maximum atomic E-state index is 9.43. The van der Waals surface area contributed by atoms with Crippen LogP contribution in [0.3, 0.4) is 0 Å². The van der Waals surface area contributed by atoms with Gasteiger partial charge in [-0.1, -0.05) is 13.8 Å². The quantitative estimate of drug-likeness (QED) is 0.802. The van der Waals surface area contributed by atoms with Crippen LogP contribution in [0, 0.1) is 12.3 Å². The minimum absolute atomic E-state index is 0.0874. The first-order chi connectivity index (χ1) is 7.80. The second kappa shape index (κ2) is 5.69. The van der Waals surface area contributed by atoms with Gasteiger partial charge in [-0.15, -0.1) is 0 Å². The third-order valence-electron chi connectivity index (χ3n) is 2.92. The molecule has 1 aromatic heterocycles. The van der Waals surface area contributed by atoms with Crippen LogP contribution in [0.15, 0.2) is 16.5 Å². The molecule has 0 radical (unpaired) electrons. The Bertz CT molecular complexity index is 342. The molecule has 0 amide bonds. The lowest BCUT2D eigenvalue weighted by molar-refractivity contribution is 0.126. The van der Waals surface area contributed by atoms with Crippen LogP contribution in [0.25, 0.3) is 0 Å². The topological polar surface area (TPSA) is 45.4 Å². The Morgan fingerprint density at radius 3 is 2.47 bits per heavy atom. The first-order valence-electron chi connectivity index (χ1n) is 6.28. The summed E-state index contributed by atoms with van der Waals surface area (Å²) >= 11 is 0. The molecular weight excluding hydrogens is 214 g/mol. The van der Waals surface area contributed by atoms with Crippen molar-refractivity contribution < 1.29 is 9.52 Å². The highest BCUT2D eigenvalue weighted by Gasteiger charge is 2.21. The van der Waals surface area contributed by atoms with E-state index >= 15 is 0 Å². The Morgan fingerprint density at radius 2 is 2.00 bits per heavy atom. The van der Waals surface area contributed by atoms with E-state index in [-0.39, 0.29) is 17.6 Å². The number of furan rings is 1. The van der Waals surface area contributed by atoms with Crippen LogP contribution < -0.4 is 5.32 Å². The van der Waals surface area contributed by atoms with Crippen molar-refractivity contribution in [2.45, 2.75) is 53.2 Å². The molecule has 0 unspecified atom stereocenters. The molecule has 1 heterocycles. The van der Waals surface area contributed by atoms with Crippen LogP contribution >= 0.6 is 0 Å². The molecule has 0 spiro atoms.